The smallest absolute Gasteiger partial charge is 0.222 e. The molecule has 1 aliphatic heterocycles. The molecule has 1 aromatic carbocycles. The van der Waals surface area contributed by atoms with E-state index in [1.54, 1.807) is 0 Å². The minimum absolute atomic E-state index is 0.0271. The van der Waals surface area contributed by atoms with Gasteiger partial charge in [0.05, 0.1) is 6.04 Å². The van der Waals surface area contributed by atoms with Crippen LogP contribution in [0.25, 0.3) is 0 Å². The predicted octanol–water partition coefficient (Wildman–Crippen LogP) is 2.72. The van der Waals surface area contributed by atoms with Crippen LogP contribution in [0.2, 0.25) is 0 Å². The van der Waals surface area contributed by atoms with Gasteiger partial charge in [0.1, 0.15) is 0 Å². The van der Waals surface area contributed by atoms with Crippen LogP contribution in [-0.4, -0.2) is 30.0 Å². The first kappa shape index (κ1) is 14.9. The van der Waals surface area contributed by atoms with Gasteiger partial charge in [-0.1, -0.05) is 34.1 Å². The molecule has 0 aromatic heterocycles. The van der Waals surface area contributed by atoms with E-state index in [0.29, 0.717) is 12.5 Å². The minimum atomic E-state index is 0.0271. The van der Waals surface area contributed by atoms with Crippen molar-refractivity contribution in [1.29, 1.82) is 0 Å². The summed E-state index contributed by atoms with van der Waals surface area (Å²) in [5.41, 5.74) is 1.11. The minimum Gasteiger partial charge on any atom is -0.349 e. The van der Waals surface area contributed by atoms with E-state index >= 15 is 0 Å². The van der Waals surface area contributed by atoms with Gasteiger partial charge in [0, 0.05) is 35.0 Å². The van der Waals surface area contributed by atoms with Crippen LogP contribution in [0.4, 0.5) is 0 Å². The molecular weight excluding hydrogens is 324 g/mol. The standard InChI is InChI=1S/C14H19BrN2OS/c1-10(12-4-2-3-5-13(12)15)17-14(18)8-11-9-19-7-6-16-11/h2-5,10-11,16H,6-9H2,1H3,(H,17,18)/t10-,11?/m1/s1. The van der Waals surface area contributed by atoms with E-state index < -0.39 is 0 Å². The van der Waals surface area contributed by atoms with Gasteiger partial charge in [0.2, 0.25) is 5.91 Å². The Morgan fingerprint density at radius 2 is 2.37 bits per heavy atom. The molecule has 2 rings (SSSR count). The molecule has 1 amide bonds. The summed E-state index contributed by atoms with van der Waals surface area (Å²) in [5, 5.41) is 6.45. The molecule has 1 aliphatic rings. The molecule has 0 saturated carbocycles. The number of halogens is 1. The highest BCUT2D eigenvalue weighted by Crippen LogP contribution is 2.22. The second-order valence-electron chi connectivity index (χ2n) is 4.74. The molecule has 0 radical (unpaired) electrons. The van der Waals surface area contributed by atoms with E-state index in [9.17, 15) is 4.79 Å². The van der Waals surface area contributed by atoms with E-state index in [2.05, 4.69) is 26.6 Å². The first-order valence-electron chi connectivity index (χ1n) is 6.51. The second kappa shape index (κ2) is 7.31. The number of hydrogen-bond acceptors (Lipinski definition) is 3. The maximum Gasteiger partial charge on any atom is 0.222 e. The summed E-state index contributed by atoms with van der Waals surface area (Å²) in [6.07, 6.45) is 0.557. The average molecular weight is 343 g/mol. The van der Waals surface area contributed by atoms with Crippen molar-refractivity contribution < 1.29 is 4.79 Å². The molecule has 19 heavy (non-hydrogen) atoms. The summed E-state index contributed by atoms with van der Waals surface area (Å²) < 4.78 is 1.04. The maximum atomic E-state index is 12.0. The van der Waals surface area contributed by atoms with Crippen LogP contribution >= 0.6 is 27.7 Å². The van der Waals surface area contributed by atoms with Gasteiger partial charge in [-0.05, 0) is 18.6 Å². The highest BCUT2D eigenvalue weighted by Gasteiger charge is 2.18. The van der Waals surface area contributed by atoms with Crippen molar-refractivity contribution in [3.05, 3.63) is 34.3 Å². The number of thioether (sulfide) groups is 1. The second-order valence-corrected chi connectivity index (χ2v) is 6.74. The Morgan fingerprint density at radius 3 is 3.05 bits per heavy atom. The van der Waals surface area contributed by atoms with E-state index in [-0.39, 0.29) is 11.9 Å². The van der Waals surface area contributed by atoms with Crippen LogP contribution in [0.3, 0.4) is 0 Å². The Bertz CT molecular complexity index is 435. The maximum absolute atomic E-state index is 12.0. The molecule has 0 bridgehead atoms. The van der Waals surface area contributed by atoms with Gasteiger partial charge in [0.15, 0.2) is 0 Å². The summed E-state index contributed by atoms with van der Waals surface area (Å²) in [5.74, 6) is 2.28. The first-order chi connectivity index (χ1) is 9.16. The monoisotopic (exact) mass is 342 g/mol. The van der Waals surface area contributed by atoms with E-state index in [0.717, 1.165) is 28.1 Å². The zero-order chi connectivity index (χ0) is 13.7. The SMILES string of the molecule is C[C@@H](NC(=O)CC1CSCCN1)c1ccccc1Br. The van der Waals surface area contributed by atoms with Crippen LogP contribution in [0, 0.1) is 0 Å². The average Bonchev–Trinajstić information content (AvgIpc) is 2.40. The van der Waals surface area contributed by atoms with Crippen LogP contribution in [0.1, 0.15) is 24.9 Å². The molecule has 2 N–H and O–H groups in total. The summed E-state index contributed by atoms with van der Waals surface area (Å²) in [6, 6.07) is 8.33. The van der Waals surface area contributed by atoms with Crippen LogP contribution in [0.15, 0.2) is 28.7 Å². The van der Waals surface area contributed by atoms with Crippen LogP contribution in [0.5, 0.6) is 0 Å². The number of nitrogens with one attached hydrogen (secondary N) is 2. The van der Waals surface area contributed by atoms with Crippen LogP contribution in [-0.2, 0) is 4.79 Å². The van der Waals surface area contributed by atoms with Gasteiger partial charge >= 0.3 is 0 Å². The summed E-state index contributed by atoms with van der Waals surface area (Å²) in [4.78, 5) is 12.0. The van der Waals surface area contributed by atoms with Crippen molar-refractivity contribution in [2.75, 3.05) is 18.1 Å². The number of carbonyl (C=O) groups is 1. The van der Waals surface area contributed by atoms with Crippen molar-refractivity contribution in [1.82, 2.24) is 10.6 Å². The highest BCUT2D eigenvalue weighted by molar-refractivity contribution is 9.10. The molecule has 2 atom stereocenters. The van der Waals surface area contributed by atoms with Crippen LogP contribution < -0.4 is 10.6 Å². The third-order valence-electron chi connectivity index (χ3n) is 3.18. The lowest BCUT2D eigenvalue weighted by molar-refractivity contribution is -0.122. The third kappa shape index (κ3) is 4.51. The fraction of sp³-hybridized carbons (Fsp3) is 0.500. The Labute approximate surface area is 127 Å². The number of amides is 1. The van der Waals surface area contributed by atoms with Crippen molar-refractivity contribution in [3.63, 3.8) is 0 Å². The summed E-state index contributed by atoms with van der Waals surface area (Å²) in [7, 11) is 0. The van der Waals surface area contributed by atoms with E-state index in [1.165, 1.54) is 0 Å². The van der Waals surface area contributed by atoms with Gasteiger partial charge in [-0.15, -0.1) is 0 Å². The lowest BCUT2D eigenvalue weighted by Gasteiger charge is -2.23. The number of rotatable bonds is 4. The zero-order valence-corrected chi connectivity index (χ0v) is 13.4. The van der Waals surface area contributed by atoms with Gasteiger partial charge < -0.3 is 10.6 Å². The molecule has 5 heteroatoms. The van der Waals surface area contributed by atoms with Crippen molar-refractivity contribution in [2.24, 2.45) is 0 Å². The lowest BCUT2D eigenvalue weighted by Crippen LogP contribution is -2.41. The Morgan fingerprint density at radius 1 is 1.58 bits per heavy atom. The molecule has 1 aromatic rings. The molecular formula is C14H19BrN2OS. The predicted molar refractivity (Wildman–Crippen MR) is 84.4 cm³/mol. The number of benzene rings is 1. The van der Waals surface area contributed by atoms with Crippen molar-refractivity contribution in [3.8, 4) is 0 Å². The molecule has 1 fully saturated rings. The highest BCUT2D eigenvalue weighted by atomic mass is 79.9. The summed E-state index contributed by atoms with van der Waals surface area (Å²) >= 11 is 5.43. The lowest BCUT2D eigenvalue weighted by atomic mass is 10.1. The third-order valence-corrected chi connectivity index (χ3v) is 5.03. The van der Waals surface area contributed by atoms with Gasteiger partial charge in [-0.3, -0.25) is 4.79 Å². The van der Waals surface area contributed by atoms with Gasteiger partial charge in [0.25, 0.3) is 0 Å². The Balaban J connectivity index is 1.86. The quantitative estimate of drug-likeness (QED) is 0.883. The first-order valence-corrected chi connectivity index (χ1v) is 8.46. The topological polar surface area (TPSA) is 41.1 Å². The van der Waals surface area contributed by atoms with Gasteiger partial charge in [-0.2, -0.15) is 11.8 Å². The van der Waals surface area contributed by atoms with Gasteiger partial charge in [-0.25, -0.2) is 0 Å². The largest absolute Gasteiger partial charge is 0.349 e. The molecule has 0 spiro atoms. The summed E-state index contributed by atoms with van der Waals surface area (Å²) in [6.45, 7) is 3.02. The molecule has 3 nitrogen and oxygen atoms in total. The fourth-order valence-corrected chi connectivity index (χ4v) is 3.76. The normalized spacial score (nSPS) is 20.8. The zero-order valence-electron chi connectivity index (χ0n) is 11.0. The number of hydrogen-bond donors (Lipinski definition) is 2. The number of carbonyl (C=O) groups excluding carboxylic acids is 1. The molecule has 0 aliphatic carbocycles. The Hall–Kier alpha value is -0.520. The molecule has 1 unspecified atom stereocenters. The molecule has 1 heterocycles. The fourth-order valence-electron chi connectivity index (χ4n) is 2.18. The molecule has 104 valence electrons. The van der Waals surface area contributed by atoms with Crippen molar-refractivity contribution >= 4 is 33.6 Å². The van der Waals surface area contributed by atoms with E-state index in [1.807, 2.05) is 43.0 Å². The Kier molecular flexibility index (Phi) is 5.73. The van der Waals surface area contributed by atoms with E-state index in [4.69, 9.17) is 0 Å². The molecule has 1 saturated heterocycles. The van der Waals surface area contributed by atoms with Crippen molar-refractivity contribution in [2.45, 2.75) is 25.4 Å².